The summed E-state index contributed by atoms with van der Waals surface area (Å²) < 4.78 is 73.8. The first-order chi connectivity index (χ1) is 25.5. The van der Waals surface area contributed by atoms with Gasteiger partial charge in [0.15, 0.2) is 0 Å². The molecule has 0 spiro atoms. The largest absolute Gasteiger partial charge is 0.647 e. The number of rotatable bonds is 9. The third-order valence-corrected chi connectivity index (χ3v) is 14.4. The average molecular weight is 788 g/mol. The van der Waals surface area contributed by atoms with Crippen molar-refractivity contribution < 1.29 is 46.1 Å². The van der Waals surface area contributed by atoms with Crippen LogP contribution < -0.4 is 30.0 Å². The van der Waals surface area contributed by atoms with Gasteiger partial charge in [0.05, 0.1) is 33.6 Å². The molecular weight excluding hydrogens is 728 g/mol. The maximum absolute atomic E-state index is 15.5. The number of hydrogen-bond donors (Lipinski definition) is 0. The summed E-state index contributed by atoms with van der Waals surface area (Å²) in [4.78, 5) is 0. The van der Waals surface area contributed by atoms with Gasteiger partial charge >= 0.3 is 29.2 Å². The van der Waals surface area contributed by atoms with Crippen molar-refractivity contribution in [3.05, 3.63) is 69.8 Å². The predicted molar refractivity (Wildman–Crippen MR) is 224 cm³/mol. The molecule has 3 aromatic rings. The topological polar surface area (TPSA) is 100 Å². The summed E-state index contributed by atoms with van der Waals surface area (Å²) in [5, 5.41) is 0. The zero-order valence-electron chi connectivity index (χ0n) is 36.7. The second kappa shape index (κ2) is 13.9. The third kappa shape index (κ3) is 7.40. The Kier molecular flexibility index (Phi) is 10.7. The Balaban J connectivity index is 1.44. The SMILES string of the molecule is Cc1ccc(OP(=O)(Oc2ccc(C)c(B3OC(C)(C)C(C)(C)O3)c2C)Oc2ccc(C)c(B3OC(C)(C)C(C)(C)O3)c2C)c(C)c1B1OC(C)(C)C(C)(C)O1. The first kappa shape index (κ1) is 42.8. The van der Waals surface area contributed by atoms with E-state index < -0.39 is 62.8 Å². The molecule has 3 heterocycles. The number of phosphoric ester groups is 1. The van der Waals surface area contributed by atoms with E-state index in [0.29, 0.717) is 33.9 Å². The van der Waals surface area contributed by atoms with Gasteiger partial charge in [-0.15, -0.1) is 0 Å². The quantitative estimate of drug-likeness (QED) is 0.156. The summed E-state index contributed by atoms with van der Waals surface area (Å²) in [7, 11) is -6.58. The zero-order chi connectivity index (χ0) is 41.8. The smallest absolute Gasteiger partial charge is 0.399 e. The molecule has 0 amide bonds. The normalized spacial score (nSPS) is 21.8. The van der Waals surface area contributed by atoms with E-state index in [1.165, 1.54) is 0 Å². The monoisotopic (exact) mass is 788 g/mol. The lowest BCUT2D eigenvalue weighted by atomic mass is 9.73. The van der Waals surface area contributed by atoms with Crippen LogP contribution >= 0.6 is 7.82 Å². The minimum absolute atomic E-state index is 0.301. The van der Waals surface area contributed by atoms with E-state index in [2.05, 4.69) is 0 Å². The van der Waals surface area contributed by atoms with Gasteiger partial charge in [-0.1, -0.05) is 34.9 Å². The average Bonchev–Trinajstić information content (AvgIpc) is 3.50. The van der Waals surface area contributed by atoms with Crippen LogP contribution in [0.1, 0.15) is 116 Å². The Hall–Kier alpha value is -2.76. The Morgan fingerprint density at radius 2 is 0.589 bits per heavy atom. The van der Waals surface area contributed by atoms with Crippen LogP contribution in [-0.4, -0.2) is 55.0 Å². The minimum atomic E-state index is -4.56. The van der Waals surface area contributed by atoms with Gasteiger partial charge < -0.3 is 41.5 Å². The molecule has 0 aliphatic carbocycles. The standard InChI is InChI=1S/C42H60B3O10P/c1-25-19-22-31(28(4)34(25)43-50-37(7,8)38(9,10)51-43)47-56(46,48-32-23-20-26(2)35(29(32)5)44-52-39(11,12)40(13,14)53-44)49-33-24-21-27(3)36(30(33)6)45-54-41(15,16)42(17,18)55-45/h19-24H,1-18H3. The van der Waals surface area contributed by atoms with Crippen LogP contribution in [0.2, 0.25) is 0 Å². The lowest BCUT2D eigenvalue weighted by Crippen LogP contribution is -2.41. The molecule has 3 saturated heterocycles. The highest BCUT2D eigenvalue weighted by Gasteiger charge is 2.55. The second-order valence-electron chi connectivity index (χ2n) is 18.7. The molecule has 3 aliphatic rings. The lowest BCUT2D eigenvalue weighted by molar-refractivity contribution is 0.00578. The van der Waals surface area contributed by atoms with Crippen LogP contribution in [0.3, 0.4) is 0 Å². The lowest BCUT2D eigenvalue weighted by Gasteiger charge is -2.32. The summed E-state index contributed by atoms with van der Waals surface area (Å²) in [6.07, 6.45) is 0. The first-order valence-electron chi connectivity index (χ1n) is 19.6. The molecule has 0 radical (unpaired) electrons. The molecule has 3 aliphatic heterocycles. The predicted octanol–water partition coefficient (Wildman–Crippen LogP) is 8.08. The van der Waals surface area contributed by atoms with Crippen LogP contribution in [0.5, 0.6) is 17.2 Å². The van der Waals surface area contributed by atoms with E-state index in [1.807, 2.05) is 143 Å². The van der Waals surface area contributed by atoms with Gasteiger partial charge in [-0.2, -0.15) is 4.57 Å². The van der Waals surface area contributed by atoms with Crippen molar-refractivity contribution in [1.82, 2.24) is 0 Å². The molecule has 10 nitrogen and oxygen atoms in total. The van der Waals surface area contributed by atoms with Gasteiger partial charge in [0.1, 0.15) is 17.2 Å². The van der Waals surface area contributed by atoms with Crippen LogP contribution in [0.25, 0.3) is 0 Å². The molecule has 0 saturated carbocycles. The number of hydrogen-bond acceptors (Lipinski definition) is 10. The first-order valence-corrected chi connectivity index (χ1v) is 21.0. The minimum Gasteiger partial charge on any atom is -0.399 e. The molecular formula is C42H60B3O10P. The highest BCUT2D eigenvalue weighted by molar-refractivity contribution is 7.49. The van der Waals surface area contributed by atoms with Crippen molar-refractivity contribution in [3.8, 4) is 17.2 Å². The van der Waals surface area contributed by atoms with Gasteiger partial charge in [0.2, 0.25) is 0 Å². The van der Waals surface area contributed by atoms with E-state index in [4.69, 9.17) is 41.5 Å². The molecule has 14 heteroatoms. The van der Waals surface area contributed by atoms with E-state index in [9.17, 15) is 0 Å². The Labute approximate surface area is 336 Å². The van der Waals surface area contributed by atoms with E-state index in [-0.39, 0.29) is 0 Å². The van der Waals surface area contributed by atoms with Gasteiger partial charge in [0, 0.05) is 0 Å². The van der Waals surface area contributed by atoms with E-state index in [1.54, 1.807) is 18.2 Å². The number of aryl methyl sites for hydroxylation is 3. The molecule has 0 atom stereocenters. The fraction of sp³-hybridized carbons (Fsp3) is 0.571. The Morgan fingerprint density at radius 1 is 0.393 bits per heavy atom. The van der Waals surface area contributed by atoms with Gasteiger partial charge in [-0.25, -0.2) is 0 Å². The summed E-state index contributed by atoms with van der Waals surface area (Å²) in [6.45, 7) is 35.8. The Bertz CT molecular complexity index is 1810. The van der Waals surface area contributed by atoms with Gasteiger partial charge in [0.25, 0.3) is 0 Å². The second-order valence-corrected chi connectivity index (χ2v) is 20.2. The summed E-state index contributed by atoms with van der Waals surface area (Å²) in [5.41, 5.74) is 3.85. The van der Waals surface area contributed by atoms with Crippen molar-refractivity contribution in [1.29, 1.82) is 0 Å². The molecule has 56 heavy (non-hydrogen) atoms. The summed E-state index contributed by atoms with van der Waals surface area (Å²) in [5.74, 6) is 0.904. The highest BCUT2D eigenvalue weighted by atomic mass is 31.2. The highest BCUT2D eigenvalue weighted by Crippen LogP contribution is 2.52. The molecule has 0 unspecified atom stereocenters. The fourth-order valence-electron chi connectivity index (χ4n) is 7.22. The summed E-state index contributed by atoms with van der Waals surface area (Å²) >= 11 is 0. The molecule has 0 bridgehead atoms. The third-order valence-electron chi connectivity index (χ3n) is 13.1. The van der Waals surface area contributed by atoms with Gasteiger partial charge in [-0.05, 0) is 176 Å². The zero-order valence-corrected chi connectivity index (χ0v) is 37.6. The fourth-order valence-corrected chi connectivity index (χ4v) is 8.64. The van der Waals surface area contributed by atoms with Crippen molar-refractivity contribution in [2.45, 2.75) is 158 Å². The molecule has 0 aromatic heterocycles. The van der Waals surface area contributed by atoms with Crippen molar-refractivity contribution in [2.75, 3.05) is 0 Å². The molecule has 0 N–H and O–H groups in total. The van der Waals surface area contributed by atoms with Gasteiger partial charge in [-0.3, -0.25) is 0 Å². The Morgan fingerprint density at radius 3 is 0.786 bits per heavy atom. The van der Waals surface area contributed by atoms with Crippen LogP contribution in [-0.2, 0) is 32.5 Å². The van der Waals surface area contributed by atoms with Crippen molar-refractivity contribution >= 4 is 45.6 Å². The van der Waals surface area contributed by atoms with E-state index >= 15 is 4.57 Å². The maximum Gasteiger partial charge on any atom is 0.647 e. The van der Waals surface area contributed by atoms with Crippen molar-refractivity contribution in [2.24, 2.45) is 0 Å². The van der Waals surface area contributed by atoms with Crippen molar-refractivity contribution in [3.63, 3.8) is 0 Å². The maximum atomic E-state index is 15.5. The van der Waals surface area contributed by atoms with Crippen LogP contribution in [0, 0.1) is 41.5 Å². The van der Waals surface area contributed by atoms with E-state index in [0.717, 1.165) is 33.1 Å². The molecule has 3 aromatic carbocycles. The molecule has 302 valence electrons. The molecule has 6 rings (SSSR count). The van der Waals surface area contributed by atoms with Crippen LogP contribution in [0.15, 0.2) is 36.4 Å². The van der Waals surface area contributed by atoms with Crippen LogP contribution in [0.4, 0.5) is 0 Å². The number of benzene rings is 3. The number of phosphoric acid groups is 1. The summed E-state index contributed by atoms with van der Waals surface area (Å²) in [6, 6.07) is 11.0. The molecule has 3 fully saturated rings.